The summed E-state index contributed by atoms with van der Waals surface area (Å²) in [5, 5.41) is 0.760. The second-order valence-electron chi connectivity index (χ2n) is 6.12. The van der Waals surface area contributed by atoms with E-state index in [9.17, 15) is 0 Å². The molecule has 2 aliphatic rings. The van der Waals surface area contributed by atoms with Gasteiger partial charge in [0.1, 0.15) is 0 Å². The lowest BCUT2D eigenvalue weighted by molar-refractivity contribution is 0.403. The van der Waals surface area contributed by atoms with Gasteiger partial charge in [-0.15, -0.1) is 0 Å². The minimum Gasteiger partial charge on any atom is -0.318 e. The Morgan fingerprint density at radius 3 is 2.35 bits per heavy atom. The van der Waals surface area contributed by atoms with Gasteiger partial charge in [0, 0.05) is 5.02 Å². The predicted octanol–water partition coefficient (Wildman–Crippen LogP) is 4.96. The van der Waals surface area contributed by atoms with Gasteiger partial charge in [0.15, 0.2) is 0 Å². The normalized spacial score (nSPS) is 27.4. The van der Waals surface area contributed by atoms with E-state index in [2.05, 4.69) is 18.2 Å². The smallest absolute Gasteiger partial charge is 0.0633 e. The fraction of sp³-hybridized carbons (Fsp3) is 0.444. The van der Waals surface area contributed by atoms with E-state index in [-0.39, 0.29) is 5.54 Å². The number of nitrogens with two attached hydrogens (primary N) is 1. The molecule has 1 saturated carbocycles. The highest BCUT2D eigenvalue weighted by atomic mass is 35.5. The second-order valence-corrected chi connectivity index (χ2v) is 6.56. The highest BCUT2D eigenvalue weighted by Gasteiger charge is 2.27. The molecule has 1 unspecified atom stereocenters. The lowest BCUT2D eigenvalue weighted by Gasteiger charge is -2.31. The van der Waals surface area contributed by atoms with Gasteiger partial charge >= 0.3 is 0 Å². The first-order valence-electron chi connectivity index (χ1n) is 7.62. The van der Waals surface area contributed by atoms with E-state index in [0.29, 0.717) is 0 Å². The molecule has 0 bridgehead atoms. The molecule has 2 N–H and O–H groups in total. The minimum absolute atomic E-state index is 0.372. The van der Waals surface area contributed by atoms with Crippen LogP contribution in [-0.2, 0) is 5.54 Å². The van der Waals surface area contributed by atoms with Crippen LogP contribution in [0.15, 0.2) is 48.1 Å². The van der Waals surface area contributed by atoms with Crippen molar-refractivity contribution in [3.63, 3.8) is 0 Å². The first kappa shape index (κ1) is 13.9. The minimum atomic E-state index is -0.372. The third-order valence-corrected chi connectivity index (χ3v) is 4.96. The van der Waals surface area contributed by atoms with E-state index >= 15 is 0 Å². The zero-order chi connectivity index (χ0) is 14.0. The third-order valence-electron chi connectivity index (χ3n) is 4.71. The summed E-state index contributed by atoms with van der Waals surface area (Å²) in [5.41, 5.74) is 8.81. The van der Waals surface area contributed by atoms with Crippen LogP contribution in [-0.4, -0.2) is 0 Å². The van der Waals surface area contributed by atoms with Gasteiger partial charge in [-0.25, -0.2) is 0 Å². The SMILES string of the molecule is NC1(c2ccc(Cl)cc2)C=CC(C2CCCCC2)=CC1. The maximum Gasteiger partial charge on any atom is 0.0633 e. The molecule has 1 aromatic rings. The summed E-state index contributed by atoms with van der Waals surface area (Å²) >= 11 is 5.95. The van der Waals surface area contributed by atoms with Crippen molar-refractivity contribution >= 4 is 11.6 Å². The monoisotopic (exact) mass is 287 g/mol. The van der Waals surface area contributed by atoms with E-state index < -0.39 is 0 Å². The van der Waals surface area contributed by atoms with E-state index in [1.165, 1.54) is 37.7 Å². The molecule has 106 valence electrons. The Morgan fingerprint density at radius 2 is 1.75 bits per heavy atom. The maximum atomic E-state index is 6.55. The highest BCUT2D eigenvalue weighted by Crippen LogP contribution is 2.36. The summed E-state index contributed by atoms with van der Waals surface area (Å²) in [6.45, 7) is 0. The molecule has 0 aliphatic heterocycles. The number of rotatable bonds is 2. The fourth-order valence-electron chi connectivity index (χ4n) is 3.38. The lowest BCUT2D eigenvalue weighted by Crippen LogP contribution is -2.35. The Balaban J connectivity index is 1.75. The first-order valence-corrected chi connectivity index (χ1v) is 7.99. The van der Waals surface area contributed by atoms with Gasteiger partial charge in [0.2, 0.25) is 0 Å². The quantitative estimate of drug-likeness (QED) is 0.817. The van der Waals surface area contributed by atoms with Crippen LogP contribution in [0.2, 0.25) is 5.02 Å². The van der Waals surface area contributed by atoms with Gasteiger partial charge < -0.3 is 5.73 Å². The Hall–Kier alpha value is -1.05. The zero-order valence-electron chi connectivity index (χ0n) is 11.8. The van der Waals surface area contributed by atoms with Crippen molar-refractivity contribution in [2.45, 2.75) is 44.1 Å². The standard InChI is InChI=1S/C18H22ClN/c19-17-8-6-16(7-9-17)18(20)12-10-15(11-13-18)14-4-2-1-3-5-14/h6-12,14H,1-5,13,20H2. The Bertz CT molecular complexity index is 523. The number of hydrogen-bond donors (Lipinski definition) is 1. The van der Waals surface area contributed by atoms with Crippen LogP contribution < -0.4 is 5.73 Å². The predicted molar refractivity (Wildman–Crippen MR) is 85.7 cm³/mol. The molecule has 2 heteroatoms. The van der Waals surface area contributed by atoms with Crippen molar-refractivity contribution in [1.29, 1.82) is 0 Å². The lowest BCUT2D eigenvalue weighted by atomic mass is 9.77. The number of benzene rings is 1. The van der Waals surface area contributed by atoms with Crippen molar-refractivity contribution in [1.82, 2.24) is 0 Å². The van der Waals surface area contributed by atoms with E-state index in [1.807, 2.05) is 24.3 Å². The van der Waals surface area contributed by atoms with Crippen molar-refractivity contribution in [2.24, 2.45) is 11.7 Å². The Morgan fingerprint density at radius 1 is 1.05 bits per heavy atom. The number of allylic oxidation sites excluding steroid dienone is 2. The third kappa shape index (κ3) is 2.84. The second kappa shape index (κ2) is 5.75. The molecule has 0 saturated heterocycles. The van der Waals surface area contributed by atoms with Crippen molar-refractivity contribution < 1.29 is 0 Å². The molecule has 0 amide bonds. The maximum absolute atomic E-state index is 6.55. The fourth-order valence-corrected chi connectivity index (χ4v) is 3.51. The molecule has 0 spiro atoms. The molecule has 0 radical (unpaired) electrons. The molecule has 1 aromatic carbocycles. The molecule has 0 heterocycles. The van der Waals surface area contributed by atoms with Crippen LogP contribution in [0.1, 0.15) is 44.1 Å². The average Bonchev–Trinajstić information content (AvgIpc) is 2.49. The van der Waals surface area contributed by atoms with Crippen LogP contribution in [0.4, 0.5) is 0 Å². The highest BCUT2D eigenvalue weighted by molar-refractivity contribution is 6.30. The number of hydrogen-bond acceptors (Lipinski definition) is 1. The van der Waals surface area contributed by atoms with Gasteiger partial charge in [-0.1, -0.05) is 61.2 Å². The molecular formula is C18H22ClN. The molecule has 1 nitrogen and oxygen atoms in total. The van der Waals surface area contributed by atoms with Crippen LogP contribution in [0.25, 0.3) is 0 Å². The summed E-state index contributed by atoms with van der Waals surface area (Å²) in [6.07, 6.45) is 14.5. The van der Waals surface area contributed by atoms with Gasteiger partial charge in [-0.3, -0.25) is 0 Å². The van der Waals surface area contributed by atoms with Gasteiger partial charge in [-0.2, -0.15) is 0 Å². The Kier molecular flexibility index (Phi) is 4.00. The average molecular weight is 288 g/mol. The molecule has 1 atom stereocenters. The largest absolute Gasteiger partial charge is 0.318 e. The van der Waals surface area contributed by atoms with Crippen LogP contribution in [0, 0.1) is 5.92 Å². The van der Waals surface area contributed by atoms with Crippen molar-refractivity contribution in [2.75, 3.05) is 0 Å². The van der Waals surface area contributed by atoms with Crippen LogP contribution >= 0.6 is 11.6 Å². The van der Waals surface area contributed by atoms with Gasteiger partial charge in [0.05, 0.1) is 5.54 Å². The van der Waals surface area contributed by atoms with E-state index in [4.69, 9.17) is 17.3 Å². The summed E-state index contributed by atoms with van der Waals surface area (Å²) in [6, 6.07) is 7.90. The molecule has 20 heavy (non-hydrogen) atoms. The molecule has 0 aromatic heterocycles. The van der Waals surface area contributed by atoms with Crippen LogP contribution in [0.5, 0.6) is 0 Å². The molecule has 3 rings (SSSR count). The van der Waals surface area contributed by atoms with Crippen molar-refractivity contribution in [3.05, 3.63) is 58.7 Å². The van der Waals surface area contributed by atoms with Crippen LogP contribution in [0.3, 0.4) is 0 Å². The topological polar surface area (TPSA) is 26.0 Å². The summed E-state index contributed by atoms with van der Waals surface area (Å²) in [4.78, 5) is 0. The zero-order valence-corrected chi connectivity index (χ0v) is 12.6. The summed E-state index contributed by atoms with van der Waals surface area (Å²) in [5.74, 6) is 0.759. The molecule has 2 aliphatic carbocycles. The van der Waals surface area contributed by atoms with E-state index in [1.54, 1.807) is 0 Å². The summed E-state index contributed by atoms with van der Waals surface area (Å²) in [7, 11) is 0. The van der Waals surface area contributed by atoms with E-state index in [0.717, 1.165) is 22.9 Å². The van der Waals surface area contributed by atoms with Gasteiger partial charge in [0.25, 0.3) is 0 Å². The number of halogens is 1. The summed E-state index contributed by atoms with van der Waals surface area (Å²) < 4.78 is 0. The molecular weight excluding hydrogens is 266 g/mol. The molecule has 1 fully saturated rings. The Labute approximate surface area is 126 Å². The first-order chi connectivity index (χ1) is 9.67. The van der Waals surface area contributed by atoms with Crippen molar-refractivity contribution in [3.8, 4) is 0 Å². The van der Waals surface area contributed by atoms with Gasteiger partial charge in [-0.05, 0) is 48.4 Å².